The lowest BCUT2D eigenvalue weighted by Gasteiger charge is -2.11. The van der Waals surface area contributed by atoms with Crippen molar-refractivity contribution in [1.29, 1.82) is 0 Å². The van der Waals surface area contributed by atoms with Crippen LogP contribution in [0.5, 0.6) is 11.5 Å². The summed E-state index contributed by atoms with van der Waals surface area (Å²) in [5.41, 5.74) is 0.772. The summed E-state index contributed by atoms with van der Waals surface area (Å²) < 4.78 is 13.1. The largest absolute Gasteiger partial charge is 0.493 e. The molecule has 102 valence electrons. The van der Waals surface area contributed by atoms with Crippen LogP contribution in [-0.4, -0.2) is 33.7 Å². The van der Waals surface area contributed by atoms with Gasteiger partial charge in [-0.15, -0.1) is 0 Å². The lowest BCUT2D eigenvalue weighted by Crippen LogP contribution is -2.00. The van der Waals surface area contributed by atoms with Crippen LogP contribution in [0.15, 0.2) is 35.6 Å². The van der Waals surface area contributed by atoms with Gasteiger partial charge in [0.25, 0.3) is 0 Å². The quantitative estimate of drug-likeness (QED) is 0.736. The zero-order valence-corrected chi connectivity index (χ0v) is 12.5. The Balaban J connectivity index is 2.32. The van der Waals surface area contributed by atoms with Gasteiger partial charge in [-0.05, 0) is 22.0 Å². The van der Waals surface area contributed by atoms with E-state index in [9.17, 15) is 0 Å². The number of ether oxygens (including phenoxy) is 2. The predicted molar refractivity (Wildman–Crippen MR) is 77.5 cm³/mol. The highest BCUT2D eigenvalue weighted by molar-refractivity contribution is 9.10. The first-order valence-corrected chi connectivity index (χ1v) is 6.60. The van der Waals surface area contributed by atoms with E-state index in [1.165, 1.54) is 6.33 Å². The van der Waals surface area contributed by atoms with Crippen LogP contribution in [0, 0.1) is 0 Å². The Morgan fingerprint density at radius 2 is 1.80 bits per heavy atom. The summed E-state index contributed by atoms with van der Waals surface area (Å²) >= 11 is 3.39. The Morgan fingerprint density at radius 3 is 2.45 bits per heavy atom. The number of imidazole rings is 1. The van der Waals surface area contributed by atoms with Gasteiger partial charge >= 0.3 is 0 Å². The van der Waals surface area contributed by atoms with E-state index in [1.54, 1.807) is 20.4 Å². The average molecular weight is 335 g/mol. The molecular weight excluding hydrogens is 324 g/mol. The molecule has 0 bridgehead atoms. The molecule has 7 heteroatoms. The molecule has 0 amide bonds. The van der Waals surface area contributed by atoms with Crippen molar-refractivity contribution < 1.29 is 9.47 Å². The molecule has 6 nitrogen and oxygen atoms in total. The Bertz CT molecular complexity index is 772. The van der Waals surface area contributed by atoms with E-state index in [0.717, 1.165) is 16.7 Å². The van der Waals surface area contributed by atoms with Gasteiger partial charge in [-0.2, -0.15) is 0 Å². The highest BCUT2D eigenvalue weighted by atomic mass is 79.9. The Labute approximate surface area is 123 Å². The monoisotopic (exact) mass is 334 g/mol. The topological polar surface area (TPSA) is 62.1 Å². The van der Waals surface area contributed by atoms with Crippen LogP contribution in [0.3, 0.4) is 0 Å². The second-order valence-electron chi connectivity index (χ2n) is 3.99. The number of hydrogen-bond acceptors (Lipinski definition) is 5. The second kappa shape index (κ2) is 5.09. The third-order valence-corrected chi connectivity index (χ3v) is 3.53. The molecule has 0 aliphatic rings. The van der Waals surface area contributed by atoms with Gasteiger partial charge in [0.1, 0.15) is 12.1 Å². The number of fused-ring (bicyclic) bond motifs is 1. The number of aromatic nitrogens is 4. The van der Waals surface area contributed by atoms with Crippen molar-refractivity contribution >= 4 is 26.8 Å². The van der Waals surface area contributed by atoms with Crippen LogP contribution in [0.1, 0.15) is 0 Å². The lowest BCUT2D eigenvalue weighted by atomic mass is 10.2. The molecule has 0 N–H and O–H groups in total. The summed E-state index contributed by atoms with van der Waals surface area (Å²) in [6.45, 7) is 0. The van der Waals surface area contributed by atoms with Crippen LogP contribution in [0.25, 0.3) is 16.7 Å². The maximum atomic E-state index is 5.33. The van der Waals surface area contributed by atoms with Gasteiger partial charge < -0.3 is 9.47 Å². The first kappa shape index (κ1) is 12.9. The summed E-state index contributed by atoms with van der Waals surface area (Å²) in [6, 6.07) is 3.68. The summed E-state index contributed by atoms with van der Waals surface area (Å²) in [7, 11) is 3.19. The Hall–Kier alpha value is -2.15. The van der Waals surface area contributed by atoms with E-state index in [1.807, 2.05) is 22.9 Å². The molecule has 0 fully saturated rings. The van der Waals surface area contributed by atoms with Gasteiger partial charge in [-0.25, -0.2) is 15.0 Å². The highest BCUT2D eigenvalue weighted by Gasteiger charge is 2.13. The zero-order valence-electron chi connectivity index (χ0n) is 10.9. The van der Waals surface area contributed by atoms with E-state index in [0.29, 0.717) is 16.2 Å². The molecule has 0 saturated carbocycles. The summed E-state index contributed by atoms with van der Waals surface area (Å²) in [5.74, 6) is 1.99. The van der Waals surface area contributed by atoms with Crippen LogP contribution < -0.4 is 9.47 Å². The van der Waals surface area contributed by atoms with Crippen molar-refractivity contribution in [3.63, 3.8) is 0 Å². The molecule has 3 rings (SSSR count). The lowest BCUT2D eigenvalue weighted by molar-refractivity contribution is 0.355. The average Bonchev–Trinajstić information content (AvgIpc) is 2.91. The number of benzene rings is 1. The van der Waals surface area contributed by atoms with Crippen molar-refractivity contribution in [3.8, 4) is 17.3 Å². The Morgan fingerprint density at radius 1 is 1.05 bits per heavy atom. The molecule has 0 aliphatic heterocycles. The van der Waals surface area contributed by atoms with Gasteiger partial charge in [0.2, 0.25) is 0 Å². The molecular formula is C13H11BrN4O2. The highest BCUT2D eigenvalue weighted by Crippen LogP contribution is 2.33. The maximum Gasteiger partial charge on any atom is 0.182 e. The van der Waals surface area contributed by atoms with Crippen molar-refractivity contribution in [2.24, 2.45) is 0 Å². The van der Waals surface area contributed by atoms with Crippen LogP contribution >= 0.6 is 15.9 Å². The molecule has 20 heavy (non-hydrogen) atoms. The van der Waals surface area contributed by atoms with E-state index in [4.69, 9.17) is 9.47 Å². The number of halogens is 1. The molecule has 0 aliphatic carbocycles. The van der Waals surface area contributed by atoms with Crippen molar-refractivity contribution in [2.45, 2.75) is 0 Å². The van der Waals surface area contributed by atoms with Gasteiger partial charge in [0.15, 0.2) is 16.2 Å². The molecule has 0 atom stereocenters. The molecule has 0 radical (unpaired) electrons. The fourth-order valence-electron chi connectivity index (χ4n) is 2.00. The summed E-state index contributed by atoms with van der Waals surface area (Å²) in [4.78, 5) is 12.7. The third-order valence-electron chi connectivity index (χ3n) is 2.94. The fourth-order valence-corrected chi connectivity index (χ4v) is 2.41. The second-order valence-corrected chi connectivity index (χ2v) is 4.70. The SMILES string of the molecule is COc1cc2ncnc(-n3ccnc3Br)c2cc1OC. The van der Waals surface area contributed by atoms with Crippen molar-refractivity contribution in [3.05, 3.63) is 35.6 Å². The van der Waals surface area contributed by atoms with E-state index in [-0.39, 0.29) is 0 Å². The van der Waals surface area contributed by atoms with Gasteiger partial charge in [-0.3, -0.25) is 4.57 Å². The molecule has 3 aromatic rings. The predicted octanol–water partition coefficient (Wildman–Crippen LogP) is 2.60. The van der Waals surface area contributed by atoms with E-state index in [2.05, 4.69) is 30.9 Å². The standard InChI is InChI=1S/C13H11BrN4O2/c1-19-10-5-8-9(6-11(10)20-2)16-7-17-12(8)18-4-3-15-13(18)14/h3-7H,1-2H3. The Kier molecular flexibility index (Phi) is 3.27. The van der Waals surface area contributed by atoms with Crippen LogP contribution in [0.2, 0.25) is 0 Å². The molecule has 0 spiro atoms. The van der Waals surface area contributed by atoms with Crippen LogP contribution in [0.4, 0.5) is 0 Å². The minimum Gasteiger partial charge on any atom is -0.493 e. The minimum atomic E-state index is 0.632. The fraction of sp³-hybridized carbons (Fsp3) is 0.154. The van der Waals surface area contributed by atoms with Gasteiger partial charge in [0.05, 0.1) is 19.7 Å². The van der Waals surface area contributed by atoms with Crippen molar-refractivity contribution in [2.75, 3.05) is 14.2 Å². The number of nitrogens with zero attached hydrogens (tertiary/aromatic N) is 4. The number of rotatable bonds is 3. The van der Waals surface area contributed by atoms with Gasteiger partial charge in [-0.1, -0.05) is 0 Å². The minimum absolute atomic E-state index is 0.632. The first-order chi connectivity index (χ1) is 9.74. The summed E-state index contributed by atoms with van der Waals surface area (Å²) in [5, 5.41) is 0.851. The zero-order chi connectivity index (χ0) is 14.1. The molecule has 0 saturated heterocycles. The number of methoxy groups -OCH3 is 2. The number of hydrogen-bond donors (Lipinski definition) is 0. The molecule has 0 unspecified atom stereocenters. The molecule has 2 heterocycles. The van der Waals surface area contributed by atoms with Gasteiger partial charge in [0, 0.05) is 23.8 Å². The smallest absolute Gasteiger partial charge is 0.182 e. The first-order valence-electron chi connectivity index (χ1n) is 5.80. The normalized spacial score (nSPS) is 10.8. The van der Waals surface area contributed by atoms with E-state index < -0.39 is 0 Å². The molecule has 1 aromatic carbocycles. The van der Waals surface area contributed by atoms with Crippen LogP contribution in [-0.2, 0) is 0 Å². The molecule has 2 aromatic heterocycles. The van der Waals surface area contributed by atoms with E-state index >= 15 is 0 Å². The van der Waals surface area contributed by atoms with Crippen molar-refractivity contribution in [1.82, 2.24) is 19.5 Å². The maximum absolute atomic E-state index is 5.33. The third kappa shape index (κ3) is 2.00. The summed E-state index contributed by atoms with van der Waals surface area (Å²) in [6.07, 6.45) is 5.03.